The van der Waals surface area contributed by atoms with E-state index >= 15 is 0 Å². The number of nitrogens with one attached hydrogen (secondary N) is 1. The van der Waals surface area contributed by atoms with E-state index in [1.807, 2.05) is 30.0 Å². The second-order valence-corrected chi connectivity index (χ2v) is 4.85. The highest BCUT2D eigenvalue weighted by molar-refractivity contribution is 7.09. The van der Waals surface area contributed by atoms with Crippen LogP contribution in [0.5, 0.6) is 0 Å². The molecule has 0 bridgehead atoms. The maximum Gasteiger partial charge on any atom is 0.0794 e. The molecule has 4 heteroatoms. The molecule has 1 N–H and O–H groups in total. The monoisotopic (exact) mass is 247 g/mol. The number of hydrogen-bond acceptors (Lipinski definition) is 4. The molecular weight excluding hydrogens is 230 g/mol. The average molecular weight is 247 g/mol. The van der Waals surface area contributed by atoms with E-state index in [0.29, 0.717) is 6.04 Å². The molecule has 90 valence electrons. The Labute approximate surface area is 106 Å². The van der Waals surface area contributed by atoms with Crippen LogP contribution in [-0.2, 0) is 6.42 Å². The van der Waals surface area contributed by atoms with Gasteiger partial charge in [0.1, 0.15) is 0 Å². The van der Waals surface area contributed by atoms with Gasteiger partial charge in [0.05, 0.1) is 5.51 Å². The molecule has 0 spiro atoms. The van der Waals surface area contributed by atoms with Crippen molar-refractivity contribution in [3.05, 3.63) is 46.7 Å². The van der Waals surface area contributed by atoms with Gasteiger partial charge in [-0.2, -0.15) is 0 Å². The Bertz CT molecular complexity index is 413. The highest BCUT2D eigenvalue weighted by atomic mass is 32.1. The lowest BCUT2D eigenvalue weighted by molar-refractivity contribution is 0.531. The summed E-state index contributed by atoms with van der Waals surface area (Å²) in [6.45, 7) is 3.20. The van der Waals surface area contributed by atoms with Crippen molar-refractivity contribution in [3.63, 3.8) is 0 Å². The fourth-order valence-corrected chi connectivity index (χ4v) is 2.41. The van der Waals surface area contributed by atoms with E-state index in [1.54, 1.807) is 11.3 Å². The number of pyridine rings is 1. The fourth-order valence-electron chi connectivity index (χ4n) is 1.72. The van der Waals surface area contributed by atoms with Crippen LogP contribution in [-0.4, -0.2) is 16.5 Å². The zero-order valence-corrected chi connectivity index (χ0v) is 10.8. The van der Waals surface area contributed by atoms with Gasteiger partial charge in [-0.1, -0.05) is 13.0 Å². The molecule has 2 rings (SSSR count). The Morgan fingerprint density at radius 3 is 3.00 bits per heavy atom. The van der Waals surface area contributed by atoms with E-state index in [2.05, 4.69) is 28.3 Å². The topological polar surface area (TPSA) is 37.8 Å². The van der Waals surface area contributed by atoms with Gasteiger partial charge in [0.2, 0.25) is 0 Å². The minimum Gasteiger partial charge on any atom is -0.309 e. The molecule has 0 saturated heterocycles. The van der Waals surface area contributed by atoms with Crippen LogP contribution in [0.4, 0.5) is 0 Å². The first-order chi connectivity index (χ1) is 8.40. The minimum absolute atomic E-state index is 0.331. The van der Waals surface area contributed by atoms with Gasteiger partial charge < -0.3 is 5.32 Å². The Morgan fingerprint density at radius 1 is 1.41 bits per heavy atom. The lowest BCUT2D eigenvalue weighted by atomic mass is 10.1. The molecule has 1 unspecified atom stereocenters. The highest BCUT2D eigenvalue weighted by Gasteiger charge is 2.13. The van der Waals surface area contributed by atoms with Crippen molar-refractivity contribution < 1.29 is 0 Å². The second-order valence-electron chi connectivity index (χ2n) is 3.94. The van der Waals surface area contributed by atoms with E-state index in [4.69, 9.17) is 0 Å². The van der Waals surface area contributed by atoms with Crippen molar-refractivity contribution >= 4 is 11.3 Å². The van der Waals surface area contributed by atoms with Crippen LogP contribution < -0.4 is 5.32 Å². The molecule has 0 radical (unpaired) electrons. The van der Waals surface area contributed by atoms with Gasteiger partial charge >= 0.3 is 0 Å². The molecule has 1 atom stereocenters. The zero-order chi connectivity index (χ0) is 11.9. The number of thiazole rings is 1. The lowest BCUT2D eigenvalue weighted by Gasteiger charge is -2.16. The van der Waals surface area contributed by atoms with Crippen molar-refractivity contribution in [1.82, 2.24) is 15.3 Å². The molecule has 2 aromatic heterocycles. The molecule has 0 fully saturated rings. The van der Waals surface area contributed by atoms with Crippen molar-refractivity contribution in [2.75, 3.05) is 6.54 Å². The van der Waals surface area contributed by atoms with Crippen LogP contribution in [0.2, 0.25) is 0 Å². The number of hydrogen-bond donors (Lipinski definition) is 1. The molecule has 0 aliphatic heterocycles. The van der Waals surface area contributed by atoms with Crippen LogP contribution >= 0.6 is 11.3 Å². The standard InChI is InChI=1S/C13H17N3S/c1-2-6-16-12(13-9-14-10-17-13)8-11-5-3-4-7-15-11/h3-5,7,9-10,12,16H,2,6,8H2,1H3. The molecule has 0 saturated carbocycles. The number of aromatic nitrogens is 2. The summed E-state index contributed by atoms with van der Waals surface area (Å²) in [6.07, 6.45) is 5.85. The first-order valence-corrected chi connectivity index (χ1v) is 6.79. The maximum absolute atomic E-state index is 4.38. The van der Waals surface area contributed by atoms with Gasteiger partial charge in [-0.15, -0.1) is 11.3 Å². The molecule has 0 amide bonds. The third-order valence-corrected chi connectivity index (χ3v) is 3.46. The van der Waals surface area contributed by atoms with E-state index in [-0.39, 0.29) is 0 Å². The molecule has 2 heterocycles. The third-order valence-electron chi connectivity index (χ3n) is 2.58. The summed E-state index contributed by atoms with van der Waals surface area (Å²) in [6, 6.07) is 6.38. The van der Waals surface area contributed by atoms with Crippen LogP contribution in [0.3, 0.4) is 0 Å². The van der Waals surface area contributed by atoms with Crippen molar-refractivity contribution in [2.45, 2.75) is 25.8 Å². The number of nitrogens with zero attached hydrogens (tertiary/aromatic N) is 2. The zero-order valence-electron chi connectivity index (χ0n) is 9.97. The SMILES string of the molecule is CCCNC(Cc1ccccn1)c1cncs1. The quantitative estimate of drug-likeness (QED) is 0.853. The van der Waals surface area contributed by atoms with Gasteiger partial charge in [-0.05, 0) is 25.1 Å². The summed E-state index contributed by atoms with van der Waals surface area (Å²) in [5, 5.41) is 3.55. The fraction of sp³-hybridized carbons (Fsp3) is 0.385. The predicted molar refractivity (Wildman–Crippen MR) is 71.1 cm³/mol. The lowest BCUT2D eigenvalue weighted by Crippen LogP contribution is -2.23. The molecule has 17 heavy (non-hydrogen) atoms. The van der Waals surface area contributed by atoms with E-state index < -0.39 is 0 Å². The Morgan fingerprint density at radius 2 is 2.35 bits per heavy atom. The highest BCUT2D eigenvalue weighted by Crippen LogP contribution is 2.20. The largest absolute Gasteiger partial charge is 0.309 e. The molecule has 0 aliphatic rings. The molecule has 2 aromatic rings. The van der Waals surface area contributed by atoms with Crippen molar-refractivity contribution in [2.24, 2.45) is 0 Å². The third kappa shape index (κ3) is 3.61. The maximum atomic E-state index is 4.38. The van der Waals surface area contributed by atoms with E-state index in [9.17, 15) is 0 Å². The van der Waals surface area contributed by atoms with Gasteiger partial charge in [-0.25, -0.2) is 0 Å². The summed E-state index contributed by atoms with van der Waals surface area (Å²) in [4.78, 5) is 9.81. The minimum atomic E-state index is 0.331. The predicted octanol–water partition coefficient (Wildman–Crippen LogP) is 2.82. The smallest absolute Gasteiger partial charge is 0.0794 e. The van der Waals surface area contributed by atoms with Gasteiger partial charge in [0.25, 0.3) is 0 Å². The Hall–Kier alpha value is -1.26. The van der Waals surface area contributed by atoms with Crippen LogP contribution in [0.15, 0.2) is 36.1 Å². The van der Waals surface area contributed by atoms with Crippen molar-refractivity contribution in [1.29, 1.82) is 0 Å². The first kappa shape index (κ1) is 12.2. The Kier molecular flexibility index (Phi) is 4.64. The number of rotatable bonds is 6. The van der Waals surface area contributed by atoms with Gasteiger partial charge in [0.15, 0.2) is 0 Å². The molecule has 0 aliphatic carbocycles. The summed E-state index contributed by atoms with van der Waals surface area (Å²) in [7, 11) is 0. The summed E-state index contributed by atoms with van der Waals surface area (Å²) in [5.41, 5.74) is 3.00. The van der Waals surface area contributed by atoms with Gasteiger partial charge in [-0.3, -0.25) is 9.97 Å². The van der Waals surface area contributed by atoms with Crippen molar-refractivity contribution in [3.8, 4) is 0 Å². The summed E-state index contributed by atoms with van der Waals surface area (Å²) in [5.74, 6) is 0. The average Bonchev–Trinajstić information content (AvgIpc) is 2.89. The van der Waals surface area contributed by atoms with Crippen LogP contribution in [0.25, 0.3) is 0 Å². The van der Waals surface area contributed by atoms with Crippen LogP contribution in [0, 0.1) is 0 Å². The van der Waals surface area contributed by atoms with Crippen LogP contribution in [0.1, 0.15) is 30.0 Å². The molecular formula is C13H17N3S. The molecule has 0 aromatic carbocycles. The summed E-state index contributed by atoms with van der Waals surface area (Å²) >= 11 is 1.70. The normalized spacial score (nSPS) is 12.5. The first-order valence-electron chi connectivity index (χ1n) is 5.92. The second kappa shape index (κ2) is 6.47. The summed E-state index contributed by atoms with van der Waals surface area (Å²) < 4.78 is 0. The Balaban J connectivity index is 2.06. The van der Waals surface area contributed by atoms with Gasteiger partial charge in [0, 0.05) is 35.4 Å². The van der Waals surface area contributed by atoms with E-state index in [0.717, 1.165) is 25.1 Å². The van der Waals surface area contributed by atoms with E-state index in [1.165, 1.54) is 4.88 Å². The molecule has 3 nitrogen and oxygen atoms in total.